The van der Waals surface area contributed by atoms with Crippen LogP contribution in [0.4, 0.5) is 5.82 Å². The van der Waals surface area contributed by atoms with E-state index in [0.717, 1.165) is 5.92 Å². The van der Waals surface area contributed by atoms with Crippen molar-refractivity contribution in [1.82, 2.24) is 4.98 Å². The minimum absolute atomic E-state index is 0.615. The predicted molar refractivity (Wildman–Crippen MR) is 45.1 cm³/mol. The zero-order valence-corrected chi connectivity index (χ0v) is 6.46. The summed E-state index contributed by atoms with van der Waals surface area (Å²) in [5.41, 5.74) is 6.78. The molecule has 1 aromatic heterocycles. The number of anilines is 1. The molecule has 11 heavy (non-hydrogen) atoms. The molecule has 2 nitrogen and oxygen atoms in total. The summed E-state index contributed by atoms with van der Waals surface area (Å²) in [4.78, 5) is 4.04. The van der Waals surface area contributed by atoms with Crippen LogP contribution in [0.15, 0.2) is 18.3 Å². The Bertz CT molecular complexity index is 236. The van der Waals surface area contributed by atoms with Gasteiger partial charge in [-0.15, -0.1) is 0 Å². The fourth-order valence-corrected chi connectivity index (χ4v) is 1.21. The molecule has 0 spiro atoms. The van der Waals surface area contributed by atoms with Gasteiger partial charge in [-0.25, -0.2) is 4.98 Å². The average Bonchev–Trinajstić information content (AvgIpc) is 2.78. The van der Waals surface area contributed by atoms with Crippen LogP contribution in [0.25, 0.3) is 0 Å². The number of hydrogen-bond acceptors (Lipinski definition) is 2. The van der Waals surface area contributed by atoms with Crippen molar-refractivity contribution in [3.8, 4) is 0 Å². The molecule has 2 rings (SSSR count). The van der Waals surface area contributed by atoms with Gasteiger partial charge in [-0.1, -0.05) is 6.07 Å². The minimum Gasteiger partial charge on any atom is -0.384 e. The van der Waals surface area contributed by atoms with Gasteiger partial charge in [0.1, 0.15) is 5.82 Å². The van der Waals surface area contributed by atoms with Crippen molar-refractivity contribution >= 4 is 5.82 Å². The second-order valence-corrected chi connectivity index (χ2v) is 3.24. The maximum absolute atomic E-state index is 5.46. The van der Waals surface area contributed by atoms with E-state index in [1.807, 2.05) is 12.3 Å². The normalized spacial score (nSPS) is 16.7. The summed E-state index contributed by atoms with van der Waals surface area (Å²) in [7, 11) is 0. The van der Waals surface area contributed by atoms with Crippen LogP contribution in [-0.4, -0.2) is 4.98 Å². The predicted octanol–water partition coefficient (Wildman–Crippen LogP) is 1.62. The number of nitrogen functional groups attached to an aromatic ring is 1. The molecule has 0 saturated heterocycles. The summed E-state index contributed by atoms with van der Waals surface area (Å²) in [5.74, 6) is 1.55. The van der Waals surface area contributed by atoms with E-state index in [9.17, 15) is 0 Å². The Morgan fingerprint density at radius 1 is 1.45 bits per heavy atom. The zero-order valence-electron chi connectivity index (χ0n) is 6.46. The number of nitrogens with two attached hydrogens (primary N) is 1. The van der Waals surface area contributed by atoms with Crippen LogP contribution < -0.4 is 5.73 Å². The van der Waals surface area contributed by atoms with Crippen LogP contribution in [-0.2, 0) is 6.42 Å². The van der Waals surface area contributed by atoms with E-state index >= 15 is 0 Å². The van der Waals surface area contributed by atoms with Crippen LogP contribution in [0.2, 0.25) is 0 Å². The summed E-state index contributed by atoms with van der Waals surface area (Å²) < 4.78 is 0. The summed E-state index contributed by atoms with van der Waals surface area (Å²) in [5, 5.41) is 0. The highest BCUT2D eigenvalue weighted by molar-refractivity contribution is 5.29. The molecule has 2 N–H and O–H groups in total. The molecular formula is C9H12N2. The van der Waals surface area contributed by atoms with E-state index in [2.05, 4.69) is 11.1 Å². The second kappa shape index (κ2) is 2.53. The Morgan fingerprint density at radius 2 is 2.27 bits per heavy atom. The number of nitrogens with zero attached hydrogens (tertiary/aromatic N) is 1. The number of hydrogen-bond donors (Lipinski definition) is 1. The Morgan fingerprint density at radius 3 is 2.82 bits per heavy atom. The van der Waals surface area contributed by atoms with E-state index in [-0.39, 0.29) is 0 Å². The SMILES string of the molecule is Nc1ccc(CC2CC2)cn1. The lowest BCUT2D eigenvalue weighted by molar-refractivity contribution is 0.828. The van der Waals surface area contributed by atoms with Gasteiger partial charge in [0.15, 0.2) is 0 Å². The molecule has 1 heterocycles. The lowest BCUT2D eigenvalue weighted by atomic mass is 10.1. The molecule has 1 saturated carbocycles. The van der Waals surface area contributed by atoms with Crippen molar-refractivity contribution < 1.29 is 0 Å². The summed E-state index contributed by atoms with van der Waals surface area (Å²) in [6.45, 7) is 0. The highest BCUT2D eigenvalue weighted by Crippen LogP contribution is 2.32. The van der Waals surface area contributed by atoms with Crippen molar-refractivity contribution in [2.75, 3.05) is 5.73 Å². The fraction of sp³-hybridized carbons (Fsp3) is 0.444. The van der Waals surface area contributed by atoms with Gasteiger partial charge in [0.2, 0.25) is 0 Å². The molecular weight excluding hydrogens is 136 g/mol. The molecule has 0 unspecified atom stereocenters. The molecule has 0 amide bonds. The molecule has 0 atom stereocenters. The van der Waals surface area contributed by atoms with Gasteiger partial charge in [-0.05, 0) is 36.8 Å². The Hall–Kier alpha value is -1.05. The van der Waals surface area contributed by atoms with Crippen molar-refractivity contribution in [2.45, 2.75) is 19.3 Å². The summed E-state index contributed by atoms with van der Waals surface area (Å²) in [6.07, 6.45) is 5.86. The first-order chi connectivity index (χ1) is 5.34. The number of pyridine rings is 1. The van der Waals surface area contributed by atoms with Crippen LogP contribution >= 0.6 is 0 Å². The van der Waals surface area contributed by atoms with E-state index in [1.54, 1.807) is 0 Å². The topological polar surface area (TPSA) is 38.9 Å². The Kier molecular flexibility index (Phi) is 1.53. The monoisotopic (exact) mass is 148 g/mol. The lowest BCUT2D eigenvalue weighted by Crippen LogP contribution is -1.92. The van der Waals surface area contributed by atoms with Crippen LogP contribution in [0.3, 0.4) is 0 Å². The molecule has 0 bridgehead atoms. The van der Waals surface area contributed by atoms with Crippen LogP contribution in [0, 0.1) is 5.92 Å². The van der Waals surface area contributed by atoms with Gasteiger partial charge >= 0.3 is 0 Å². The molecule has 1 aliphatic carbocycles. The largest absolute Gasteiger partial charge is 0.384 e. The quantitative estimate of drug-likeness (QED) is 0.692. The second-order valence-electron chi connectivity index (χ2n) is 3.24. The molecule has 58 valence electrons. The van der Waals surface area contributed by atoms with E-state index in [4.69, 9.17) is 5.73 Å². The van der Waals surface area contributed by atoms with Crippen molar-refractivity contribution in [1.29, 1.82) is 0 Å². The first-order valence-corrected chi connectivity index (χ1v) is 4.05. The molecule has 2 heteroatoms. The molecule has 0 aromatic carbocycles. The molecule has 1 fully saturated rings. The zero-order chi connectivity index (χ0) is 7.68. The van der Waals surface area contributed by atoms with Gasteiger partial charge < -0.3 is 5.73 Å². The maximum atomic E-state index is 5.46. The molecule has 1 aliphatic rings. The first-order valence-electron chi connectivity index (χ1n) is 4.05. The Balaban J connectivity index is 2.06. The summed E-state index contributed by atoms with van der Waals surface area (Å²) >= 11 is 0. The third-order valence-corrected chi connectivity index (χ3v) is 2.07. The average molecular weight is 148 g/mol. The maximum Gasteiger partial charge on any atom is 0.123 e. The van der Waals surface area contributed by atoms with Crippen molar-refractivity contribution in [3.05, 3.63) is 23.9 Å². The third-order valence-electron chi connectivity index (χ3n) is 2.07. The highest BCUT2D eigenvalue weighted by Gasteiger charge is 2.21. The lowest BCUT2D eigenvalue weighted by Gasteiger charge is -1.97. The van der Waals surface area contributed by atoms with Gasteiger partial charge in [-0.3, -0.25) is 0 Å². The molecule has 0 aliphatic heterocycles. The van der Waals surface area contributed by atoms with E-state index in [1.165, 1.54) is 24.8 Å². The van der Waals surface area contributed by atoms with Crippen molar-refractivity contribution in [2.24, 2.45) is 5.92 Å². The molecule has 1 aromatic rings. The van der Waals surface area contributed by atoms with E-state index in [0.29, 0.717) is 5.82 Å². The number of aromatic nitrogens is 1. The number of rotatable bonds is 2. The Labute approximate surface area is 66.4 Å². The highest BCUT2D eigenvalue weighted by atomic mass is 14.8. The van der Waals surface area contributed by atoms with Gasteiger partial charge in [0.25, 0.3) is 0 Å². The standard InChI is InChI=1S/C9H12N2/c10-9-4-3-8(6-11-9)5-7-1-2-7/h3-4,6-7H,1-2,5H2,(H2,10,11). The summed E-state index contributed by atoms with van der Waals surface area (Å²) in [6, 6.07) is 3.94. The fourth-order valence-electron chi connectivity index (χ4n) is 1.21. The van der Waals surface area contributed by atoms with Crippen molar-refractivity contribution in [3.63, 3.8) is 0 Å². The van der Waals surface area contributed by atoms with Gasteiger partial charge in [0, 0.05) is 6.20 Å². The van der Waals surface area contributed by atoms with Gasteiger partial charge in [-0.2, -0.15) is 0 Å². The molecule has 0 radical (unpaired) electrons. The smallest absolute Gasteiger partial charge is 0.123 e. The minimum atomic E-state index is 0.615. The van der Waals surface area contributed by atoms with Crippen LogP contribution in [0.5, 0.6) is 0 Å². The third kappa shape index (κ3) is 1.70. The van der Waals surface area contributed by atoms with Gasteiger partial charge in [0.05, 0.1) is 0 Å². The first kappa shape index (κ1) is 6.65. The van der Waals surface area contributed by atoms with Crippen LogP contribution in [0.1, 0.15) is 18.4 Å². The van der Waals surface area contributed by atoms with E-state index < -0.39 is 0 Å².